The van der Waals surface area contributed by atoms with E-state index in [2.05, 4.69) is 22.3 Å². The van der Waals surface area contributed by atoms with E-state index in [4.69, 9.17) is 5.41 Å². The Hall–Kier alpha value is -1.20. The first kappa shape index (κ1) is 13.9. The lowest BCUT2D eigenvalue weighted by Gasteiger charge is -2.19. The van der Waals surface area contributed by atoms with Crippen LogP contribution in [-0.4, -0.2) is 50.2 Å². The second kappa shape index (κ2) is 7.97. The van der Waals surface area contributed by atoms with Crippen molar-refractivity contribution in [2.45, 2.75) is 13.3 Å². The molecular weight excluding hydrogens is 214 g/mol. The minimum absolute atomic E-state index is 0.568. The van der Waals surface area contributed by atoms with E-state index in [9.17, 15) is 0 Å². The van der Waals surface area contributed by atoms with Crippen molar-refractivity contribution in [2.75, 3.05) is 32.7 Å². The first-order chi connectivity index (χ1) is 8.27. The summed E-state index contributed by atoms with van der Waals surface area (Å²) in [6.07, 6.45) is 4.63. The molecule has 0 aromatic heterocycles. The quantitative estimate of drug-likeness (QED) is 0.450. The van der Waals surface area contributed by atoms with Crippen molar-refractivity contribution in [3.8, 4) is 0 Å². The van der Waals surface area contributed by atoms with Crippen LogP contribution in [0.2, 0.25) is 0 Å². The molecule has 0 spiro atoms. The molecule has 0 amide bonds. The largest absolute Gasteiger partial charge is 0.335 e. The summed E-state index contributed by atoms with van der Waals surface area (Å²) in [7, 11) is 0. The van der Waals surface area contributed by atoms with E-state index in [1.165, 1.54) is 6.42 Å². The summed E-state index contributed by atoms with van der Waals surface area (Å²) in [6.45, 7) is 9.98. The van der Waals surface area contributed by atoms with Crippen molar-refractivity contribution in [2.24, 2.45) is 10.9 Å². The summed E-state index contributed by atoms with van der Waals surface area (Å²) < 4.78 is 0. The Kier molecular flexibility index (Phi) is 6.50. The van der Waals surface area contributed by atoms with Gasteiger partial charge in [0.15, 0.2) is 0 Å². The maximum atomic E-state index is 7.93. The summed E-state index contributed by atoms with van der Waals surface area (Å²) >= 11 is 0. The van der Waals surface area contributed by atoms with Crippen LogP contribution >= 0.6 is 0 Å². The van der Waals surface area contributed by atoms with Crippen LogP contribution in [0.5, 0.6) is 0 Å². The number of nitrogens with zero attached hydrogens (tertiary/aromatic N) is 2. The van der Waals surface area contributed by atoms with E-state index in [0.29, 0.717) is 18.3 Å². The third-order valence-corrected chi connectivity index (χ3v) is 2.93. The third-order valence-electron chi connectivity index (χ3n) is 2.93. The topological polar surface area (TPSA) is 63.5 Å². The molecule has 0 aromatic rings. The first-order valence-corrected chi connectivity index (χ1v) is 6.16. The van der Waals surface area contributed by atoms with Crippen LogP contribution < -0.4 is 10.6 Å². The fourth-order valence-corrected chi connectivity index (χ4v) is 1.90. The average molecular weight is 237 g/mol. The Bertz CT molecular complexity index is 268. The molecule has 96 valence electrons. The minimum atomic E-state index is 0.568. The normalized spacial score (nSPS) is 19.7. The van der Waals surface area contributed by atoms with Crippen LogP contribution in [0.4, 0.5) is 0 Å². The van der Waals surface area contributed by atoms with Gasteiger partial charge in [0, 0.05) is 18.9 Å². The van der Waals surface area contributed by atoms with Crippen molar-refractivity contribution < 1.29 is 0 Å². The molecule has 1 atom stereocenters. The van der Waals surface area contributed by atoms with Crippen LogP contribution in [0.25, 0.3) is 0 Å². The lowest BCUT2D eigenvalue weighted by Crippen LogP contribution is -2.36. The van der Waals surface area contributed by atoms with Crippen molar-refractivity contribution in [3.05, 3.63) is 12.4 Å². The summed E-state index contributed by atoms with van der Waals surface area (Å²) in [5.41, 5.74) is 0. The molecule has 1 heterocycles. The molecular formula is C12H23N5. The minimum Gasteiger partial charge on any atom is -0.335 e. The predicted octanol–water partition coefficient (Wildman–Crippen LogP) is 0.656. The van der Waals surface area contributed by atoms with E-state index < -0.39 is 0 Å². The number of hydrogen-bond acceptors (Lipinski definition) is 4. The van der Waals surface area contributed by atoms with Gasteiger partial charge in [0.2, 0.25) is 0 Å². The second-order valence-corrected chi connectivity index (χ2v) is 4.20. The maximum absolute atomic E-state index is 7.93. The summed E-state index contributed by atoms with van der Waals surface area (Å²) in [5, 5.41) is 14.6. The third kappa shape index (κ3) is 5.10. The Balaban J connectivity index is 2.21. The molecule has 1 aliphatic rings. The molecule has 1 saturated heterocycles. The zero-order valence-electron chi connectivity index (χ0n) is 10.6. The highest BCUT2D eigenvalue weighted by Gasteiger charge is 2.14. The molecule has 0 aliphatic carbocycles. The van der Waals surface area contributed by atoms with Crippen LogP contribution in [0, 0.1) is 11.3 Å². The monoisotopic (exact) mass is 237 g/mol. The van der Waals surface area contributed by atoms with Gasteiger partial charge >= 0.3 is 0 Å². The molecule has 0 bridgehead atoms. The highest BCUT2D eigenvalue weighted by Crippen LogP contribution is 2.04. The van der Waals surface area contributed by atoms with Crippen molar-refractivity contribution in [1.29, 1.82) is 5.41 Å². The van der Waals surface area contributed by atoms with Gasteiger partial charge in [-0.1, -0.05) is 0 Å². The van der Waals surface area contributed by atoms with Gasteiger partial charge in [-0.3, -0.25) is 10.4 Å². The Labute approximate surface area is 103 Å². The predicted molar refractivity (Wildman–Crippen MR) is 72.6 cm³/mol. The lowest BCUT2D eigenvalue weighted by molar-refractivity contribution is 0.514. The van der Waals surface area contributed by atoms with E-state index in [1.54, 1.807) is 12.4 Å². The molecule has 0 saturated carbocycles. The average Bonchev–Trinajstić information content (AvgIpc) is 2.83. The molecule has 1 aliphatic heterocycles. The number of rotatable bonds is 7. The van der Waals surface area contributed by atoms with Crippen LogP contribution in [0.1, 0.15) is 13.3 Å². The standard InChI is InChI=1S/C12H23N5/c1-3-17(7-6-14-2)12(13)10-16-9-11-4-5-15-8-11/h6-7,11,13,15-16H,2-5,8-10H2,1H3/b7-6-,13-12?. The van der Waals surface area contributed by atoms with E-state index in [0.717, 1.165) is 26.2 Å². The van der Waals surface area contributed by atoms with Crippen molar-refractivity contribution >= 4 is 12.6 Å². The molecule has 5 heteroatoms. The smallest absolute Gasteiger partial charge is 0.114 e. The molecule has 5 nitrogen and oxygen atoms in total. The fraction of sp³-hybridized carbons (Fsp3) is 0.667. The van der Waals surface area contributed by atoms with Gasteiger partial charge in [-0.25, -0.2) is 0 Å². The van der Waals surface area contributed by atoms with Gasteiger partial charge in [0.25, 0.3) is 0 Å². The van der Waals surface area contributed by atoms with Gasteiger partial charge in [-0.15, -0.1) is 0 Å². The van der Waals surface area contributed by atoms with Crippen molar-refractivity contribution in [3.63, 3.8) is 0 Å². The van der Waals surface area contributed by atoms with Gasteiger partial charge in [-0.05, 0) is 45.6 Å². The number of nitrogens with one attached hydrogen (secondary N) is 3. The summed E-state index contributed by atoms with van der Waals surface area (Å²) in [5.74, 6) is 1.28. The lowest BCUT2D eigenvalue weighted by atomic mass is 10.1. The van der Waals surface area contributed by atoms with Gasteiger partial charge in [-0.2, -0.15) is 0 Å². The van der Waals surface area contributed by atoms with Gasteiger partial charge in [0.05, 0.1) is 6.54 Å². The second-order valence-electron chi connectivity index (χ2n) is 4.20. The Morgan fingerprint density at radius 1 is 1.71 bits per heavy atom. The highest BCUT2D eigenvalue weighted by atomic mass is 15.2. The SMILES string of the molecule is C=N/C=C\N(CC)C(=N)CNCC1CCNC1. The summed E-state index contributed by atoms with van der Waals surface area (Å²) in [6, 6.07) is 0. The highest BCUT2D eigenvalue weighted by molar-refractivity contribution is 5.82. The summed E-state index contributed by atoms with van der Waals surface area (Å²) in [4.78, 5) is 5.51. The number of likely N-dealkylation sites (N-methyl/N-ethyl adjacent to an activating group) is 1. The molecule has 1 rings (SSSR count). The maximum Gasteiger partial charge on any atom is 0.114 e. The van der Waals surface area contributed by atoms with Crippen LogP contribution in [0.15, 0.2) is 17.4 Å². The Morgan fingerprint density at radius 3 is 3.12 bits per heavy atom. The number of aliphatic imine (C=N–C) groups is 1. The van der Waals surface area contributed by atoms with E-state index in [1.807, 2.05) is 11.8 Å². The van der Waals surface area contributed by atoms with Crippen LogP contribution in [0.3, 0.4) is 0 Å². The molecule has 1 unspecified atom stereocenters. The zero-order valence-corrected chi connectivity index (χ0v) is 10.6. The van der Waals surface area contributed by atoms with Crippen LogP contribution in [-0.2, 0) is 0 Å². The van der Waals surface area contributed by atoms with E-state index >= 15 is 0 Å². The fourth-order valence-electron chi connectivity index (χ4n) is 1.90. The molecule has 0 radical (unpaired) electrons. The van der Waals surface area contributed by atoms with Crippen molar-refractivity contribution in [1.82, 2.24) is 15.5 Å². The zero-order chi connectivity index (χ0) is 12.5. The molecule has 1 fully saturated rings. The molecule has 0 aromatic carbocycles. The Morgan fingerprint density at radius 2 is 2.53 bits per heavy atom. The van der Waals surface area contributed by atoms with Gasteiger partial charge in [0.1, 0.15) is 5.84 Å². The number of amidine groups is 1. The molecule has 17 heavy (non-hydrogen) atoms. The molecule has 3 N–H and O–H groups in total. The number of hydrogen-bond donors (Lipinski definition) is 3. The van der Waals surface area contributed by atoms with E-state index in [-0.39, 0.29) is 0 Å². The first-order valence-electron chi connectivity index (χ1n) is 6.16. The van der Waals surface area contributed by atoms with Gasteiger partial charge < -0.3 is 15.5 Å².